The number of imide groups is 2. The number of hydrogen-bond donors (Lipinski definition) is 2. The molecule has 1 aromatic heterocycles. The molecule has 2 aromatic carbocycles. The van der Waals surface area contributed by atoms with Crippen LogP contribution >= 0.6 is 0 Å². The van der Waals surface area contributed by atoms with Crippen LogP contribution in [0.2, 0.25) is 0 Å². The van der Waals surface area contributed by atoms with Crippen LogP contribution in [0.5, 0.6) is 11.5 Å². The Bertz CT molecular complexity index is 1970. The first-order chi connectivity index (χ1) is 26.1. The maximum absolute atomic E-state index is 13.5. The summed E-state index contributed by atoms with van der Waals surface area (Å²) >= 11 is 0. The third kappa shape index (κ3) is 6.54. The van der Waals surface area contributed by atoms with Crippen molar-refractivity contribution in [1.82, 2.24) is 24.9 Å². The number of likely N-dealkylation sites (tertiary alicyclic amines) is 1. The lowest BCUT2D eigenvalue weighted by molar-refractivity contribution is -0.136. The molecule has 4 saturated heterocycles. The smallest absolute Gasteiger partial charge is 0.262 e. The van der Waals surface area contributed by atoms with Crippen molar-refractivity contribution in [2.45, 2.75) is 57.4 Å². The van der Waals surface area contributed by atoms with Crippen LogP contribution in [0.3, 0.4) is 0 Å². The fraction of sp³-hybridized carbons (Fsp3) is 0.525. The number of aryl methyl sites for hydroxylation is 1. The Labute approximate surface area is 315 Å². The van der Waals surface area contributed by atoms with Gasteiger partial charge in [0.2, 0.25) is 11.8 Å². The number of methoxy groups -OCH3 is 2. The zero-order valence-corrected chi connectivity index (χ0v) is 31.4. The van der Waals surface area contributed by atoms with Gasteiger partial charge < -0.3 is 29.9 Å². The van der Waals surface area contributed by atoms with Gasteiger partial charge in [-0.05, 0) is 87.6 Å². The van der Waals surface area contributed by atoms with Gasteiger partial charge in [-0.25, -0.2) is 0 Å². The average Bonchev–Trinajstić information content (AvgIpc) is 3.72. The lowest BCUT2D eigenvalue weighted by Crippen LogP contribution is -2.54. The number of nitrogens with two attached hydrogens (primary N) is 1. The van der Waals surface area contributed by atoms with E-state index in [1.165, 1.54) is 25.7 Å². The largest absolute Gasteiger partial charge is 0.495 e. The van der Waals surface area contributed by atoms with Crippen LogP contribution in [0.4, 0.5) is 17.1 Å². The van der Waals surface area contributed by atoms with E-state index in [1.54, 1.807) is 26.4 Å². The standard InChI is InChI=1S/C40H50N8O6/c1-44-24-26(22-42-44)27-18-30(41)34(53-2)21-32(27)47-16-10-40(11-17-47)8-14-45(15-9-40)23-25-6-12-46(13-7-25)33-19-28-29(20-35(33)54-3)39(52)48(38(28)51)31-4-5-36(49)43-37(31)50/h18-22,24-25,31H,4-17,23,41H2,1-3H3,(H,43,49,50). The van der Waals surface area contributed by atoms with Gasteiger partial charge in [-0.1, -0.05) is 0 Å². The van der Waals surface area contributed by atoms with Gasteiger partial charge >= 0.3 is 0 Å². The number of nitrogens with zero attached hydrogens (tertiary/aromatic N) is 6. The minimum Gasteiger partial charge on any atom is -0.495 e. The Balaban J connectivity index is 0.854. The number of aromatic nitrogens is 2. The van der Waals surface area contributed by atoms with Crippen molar-refractivity contribution in [3.8, 4) is 22.6 Å². The van der Waals surface area contributed by atoms with E-state index in [9.17, 15) is 19.2 Å². The third-order valence-electron chi connectivity index (χ3n) is 12.7. The van der Waals surface area contributed by atoms with E-state index in [4.69, 9.17) is 15.2 Å². The number of benzene rings is 2. The van der Waals surface area contributed by atoms with Gasteiger partial charge in [0.25, 0.3) is 11.8 Å². The number of nitrogens with one attached hydrogen (secondary N) is 1. The Morgan fingerprint density at radius 2 is 1.44 bits per heavy atom. The van der Waals surface area contributed by atoms with Crippen molar-refractivity contribution in [2.24, 2.45) is 18.4 Å². The molecule has 1 unspecified atom stereocenters. The Morgan fingerprint density at radius 3 is 2.07 bits per heavy atom. The molecule has 1 spiro atoms. The van der Waals surface area contributed by atoms with Crippen molar-refractivity contribution in [3.63, 3.8) is 0 Å². The fourth-order valence-electron chi connectivity index (χ4n) is 9.37. The van der Waals surface area contributed by atoms with Crippen LogP contribution in [0.25, 0.3) is 11.1 Å². The fourth-order valence-corrected chi connectivity index (χ4v) is 9.37. The molecule has 0 saturated carbocycles. The quantitative estimate of drug-likeness (QED) is 0.257. The second kappa shape index (κ2) is 14.3. The van der Waals surface area contributed by atoms with E-state index in [2.05, 4.69) is 31.2 Å². The molecule has 14 nitrogen and oxygen atoms in total. The van der Waals surface area contributed by atoms with Gasteiger partial charge in [-0.3, -0.25) is 34.1 Å². The van der Waals surface area contributed by atoms with Crippen LogP contribution in [-0.4, -0.2) is 109 Å². The number of hydrogen-bond acceptors (Lipinski definition) is 11. The van der Waals surface area contributed by atoms with Crippen LogP contribution in [-0.2, 0) is 16.6 Å². The van der Waals surface area contributed by atoms with Crippen LogP contribution < -0.4 is 30.3 Å². The zero-order valence-electron chi connectivity index (χ0n) is 31.4. The number of carbonyl (C=O) groups is 4. The van der Waals surface area contributed by atoms with Gasteiger partial charge in [0.05, 0.1) is 42.9 Å². The SMILES string of the molecule is COc1cc(N2CCC3(CCN(CC4CCN(c5cc6c(cc5OC)C(=O)N(C5CCC(=O)NC5=O)C6=O)CC4)CC3)CC2)c(-c2cnn(C)c2)cc1N. The predicted octanol–water partition coefficient (Wildman–Crippen LogP) is 3.69. The number of anilines is 3. The summed E-state index contributed by atoms with van der Waals surface area (Å²) in [5, 5.41) is 6.66. The second-order valence-electron chi connectivity index (χ2n) is 15.7. The molecule has 8 rings (SSSR count). The van der Waals surface area contributed by atoms with E-state index < -0.39 is 29.7 Å². The van der Waals surface area contributed by atoms with Gasteiger partial charge in [-0.15, -0.1) is 0 Å². The van der Waals surface area contributed by atoms with E-state index in [0.29, 0.717) is 28.5 Å². The summed E-state index contributed by atoms with van der Waals surface area (Å²) < 4.78 is 13.2. The molecule has 286 valence electrons. The molecule has 5 aliphatic heterocycles. The minimum atomic E-state index is -0.997. The summed E-state index contributed by atoms with van der Waals surface area (Å²) in [5.74, 6) is -0.223. The van der Waals surface area contributed by atoms with Gasteiger partial charge in [0.15, 0.2) is 0 Å². The molecule has 4 fully saturated rings. The Kier molecular flexibility index (Phi) is 9.49. The number of amides is 4. The van der Waals surface area contributed by atoms with Crippen molar-refractivity contribution in [2.75, 3.05) is 75.6 Å². The second-order valence-corrected chi connectivity index (χ2v) is 15.7. The van der Waals surface area contributed by atoms with Gasteiger partial charge in [0.1, 0.15) is 17.5 Å². The lowest BCUT2D eigenvalue weighted by Gasteiger charge is -2.48. The molecule has 1 atom stereocenters. The van der Waals surface area contributed by atoms with Crippen molar-refractivity contribution in [1.29, 1.82) is 0 Å². The molecule has 0 radical (unpaired) electrons. The summed E-state index contributed by atoms with van der Waals surface area (Å²) in [5.41, 5.74) is 11.9. The first-order valence-corrected chi connectivity index (χ1v) is 19.2. The molecule has 5 aliphatic rings. The number of rotatable bonds is 8. The highest BCUT2D eigenvalue weighted by Crippen LogP contribution is 2.46. The zero-order chi connectivity index (χ0) is 37.7. The van der Waals surface area contributed by atoms with Crippen molar-refractivity contribution >= 4 is 40.7 Å². The van der Waals surface area contributed by atoms with Crippen molar-refractivity contribution in [3.05, 3.63) is 47.8 Å². The Hall–Kier alpha value is -5.11. The predicted molar refractivity (Wildman–Crippen MR) is 204 cm³/mol. The number of ether oxygens (including phenoxy) is 2. The summed E-state index contributed by atoms with van der Waals surface area (Å²) in [4.78, 5) is 59.5. The number of fused-ring (bicyclic) bond motifs is 1. The molecule has 4 amide bonds. The number of carbonyl (C=O) groups excluding carboxylic acids is 4. The van der Waals surface area contributed by atoms with E-state index >= 15 is 0 Å². The van der Waals surface area contributed by atoms with Crippen LogP contribution in [0, 0.1) is 11.3 Å². The molecule has 6 heterocycles. The maximum atomic E-state index is 13.5. The van der Waals surface area contributed by atoms with Crippen LogP contribution in [0.1, 0.15) is 72.1 Å². The molecular formula is C40H50N8O6. The highest BCUT2D eigenvalue weighted by Gasteiger charge is 2.46. The molecular weight excluding hydrogens is 688 g/mol. The first-order valence-electron chi connectivity index (χ1n) is 19.2. The average molecular weight is 739 g/mol. The van der Waals surface area contributed by atoms with E-state index in [0.717, 1.165) is 86.1 Å². The minimum absolute atomic E-state index is 0.0840. The highest BCUT2D eigenvalue weighted by molar-refractivity contribution is 6.24. The molecule has 0 bridgehead atoms. The van der Waals surface area contributed by atoms with Crippen molar-refractivity contribution < 1.29 is 28.7 Å². The normalized spacial score (nSPS) is 22.2. The Morgan fingerprint density at radius 1 is 0.796 bits per heavy atom. The molecule has 3 N–H and O–H groups in total. The highest BCUT2D eigenvalue weighted by atomic mass is 16.5. The number of nitrogen functional groups attached to an aromatic ring is 1. The van der Waals surface area contributed by atoms with Crippen LogP contribution in [0.15, 0.2) is 36.7 Å². The summed E-state index contributed by atoms with van der Waals surface area (Å²) in [6.07, 6.45) is 11.0. The lowest BCUT2D eigenvalue weighted by atomic mass is 9.71. The molecule has 3 aromatic rings. The first kappa shape index (κ1) is 35.9. The molecule has 0 aliphatic carbocycles. The number of piperidine rings is 4. The summed E-state index contributed by atoms with van der Waals surface area (Å²) in [6.45, 7) is 6.97. The summed E-state index contributed by atoms with van der Waals surface area (Å²) in [6, 6.07) is 6.48. The van der Waals surface area contributed by atoms with E-state index in [1.807, 2.05) is 30.2 Å². The van der Waals surface area contributed by atoms with Gasteiger partial charge in [0, 0.05) is 75.3 Å². The monoisotopic (exact) mass is 738 g/mol. The maximum Gasteiger partial charge on any atom is 0.262 e. The molecule has 14 heteroatoms. The van der Waals surface area contributed by atoms with E-state index in [-0.39, 0.29) is 24.0 Å². The van der Waals surface area contributed by atoms with Gasteiger partial charge in [-0.2, -0.15) is 5.10 Å². The molecule has 54 heavy (non-hydrogen) atoms. The summed E-state index contributed by atoms with van der Waals surface area (Å²) in [7, 11) is 5.17. The third-order valence-corrected chi connectivity index (χ3v) is 12.7. The topological polar surface area (TPSA) is 156 Å².